The summed E-state index contributed by atoms with van der Waals surface area (Å²) in [5, 5.41) is 67.2. The van der Waals surface area contributed by atoms with Crippen molar-refractivity contribution in [3.8, 4) is 34.8 Å². The summed E-state index contributed by atoms with van der Waals surface area (Å²) < 4.78 is 30.8. The number of nitrogens with one attached hydrogen (secondary N) is 2. The quantitative estimate of drug-likeness (QED) is 0.0573. The highest BCUT2D eigenvalue weighted by Crippen LogP contribution is 2.69. The molecule has 19 rings (SSSR count). The molecule has 4 fully saturated rings. The second kappa shape index (κ2) is 22.4. The molecular weight excluding hydrogens is 1120 g/mol. The van der Waals surface area contributed by atoms with Gasteiger partial charge in [-0.3, -0.25) is 5.32 Å². The molecule has 12 nitrogen and oxygen atoms in total. The zero-order valence-corrected chi connectivity index (χ0v) is 51.6. The smallest absolute Gasteiger partial charge is 0.168 e. The number of nitrogens with zero attached hydrogens (tertiary/aromatic N) is 1. The first kappa shape index (κ1) is 56.9. The minimum absolute atomic E-state index is 0.00729. The molecule has 90 heavy (non-hydrogen) atoms. The molecule has 7 N–H and O–H groups in total. The number of aromatic hydroxyl groups is 3. The van der Waals surface area contributed by atoms with E-state index in [4.69, 9.17) is 18.9 Å². The Morgan fingerprint density at radius 1 is 0.800 bits per heavy atom. The lowest BCUT2D eigenvalue weighted by molar-refractivity contribution is -0.247. The second-order valence-electron chi connectivity index (χ2n) is 28.5. The van der Waals surface area contributed by atoms with Crippen LogP contribution in [-0.2, 0) is 64.9 Å². The van der Waals surface area contributed by atoms with Crippen LogP contribution in [0.1, 0.15) is 145 Å². The second-order valence-corrected chi connectivity index (χ2v) is 28.5. The average molecular weight is 1210 g/mol. The van der Waals surface area contributed by atoms with Crippen molar-refractivity contribution in [1.29, 1.82) is 0 Å². The van der Waals surface area contributed by atoms with Crippen LogP contribution in [0.4, 0.5) is 0 Å². The highest BCUT2D eigenvalue weighted by Gasteiger charge is 2.69. The fourth-order valence-corrected chi connectivity index (χ4v) is 19.9. The molecule has 464 valence electrons. The number of ether oxygens (including phenoxy) is 4. The molecular formula is C78H83N3O9. The SMILES string of the molecule is CO[C@@H]1CCC2=C3C#C[C@H](CCc4ccc(O)c(Cc5cccc(O)c5)c4)CC[C@@H]4C=C[C@@H]5O[C@@H]4C[C@H](O)[C@H]4C=Cc6c(c(CO)cc(O)c6OCc6cc([C@]78c9c%10cccc9C[C@@H]9CC[C@@H]%11CCCC[C@]%11(OC[C@@H]7CC%10)[C@@H]98)cc7cn(cc67)C(=C35)NC2N1)C4. The van der Waals surface area contributed by atoms with E-state index in [2.05, 4.69) is 94.1 Å². The van der Waals surface area contributed by atoms with Crippen LogP contribution < -0.4 is 15.4 Å². The molecule has 14 atom stereocenters. The fourth-order valence-electron chi connectivity index (χ4n) is 19.9. The number of aliphatic hydroxyl groups is 2. The Morgan fingerprint density at radius 3 is 2.61 bits per heavy atom. The van der Waals surface area contributed by atoms with Gasteiger partial charge in [-0.2, -0.15) is 0 Å². The summed E-state index contributed by atoms with van der Waals surface area (Å²) in [5.74, 6) is 11.0. The van der Waals surface area contributed by atoms with Crippen LogP contribution in [0.2, 0.25) is 0 Å². The average Bonchev–Trinajstić information content (AvgIpc) is 0.700. The Morgan fingerprint density at radius 2 is 1.71 bits per heavy atom. The molecule has 10 bridgehead atoms. The Balaban J connectivity index is 0.860. The largest absolute Gasteiger partial charge is 0.508 e. The molecule has 13 aliphatic rings. The number of hydrogen-bond donors (Lipinski definition) is 7. The Hall–Kier alpha value is -7.08. The summed E-state index contributed by atoms with van der Waals surface area (Å²) in [4.78, 5) is 0. The number of dihydropyridines is 1. The Labute approximate surface area is 527 Å². The van der Waals surface area contributed by atoms with Gasteiger partial charge in [-0.1, -0.05) is 97.5 Å². The number of aryl methyl sites for hydroxylation is 2. The number of aliphatic hydroxyl groups excluding tert-OH is 2. The number of methoxy groups -OCH3 is 1. The molecule has 2 saturated heterocycles. The number of hydrogen-bond acceptors (Lipinski definition) is 11. The molecule has 7 aliphatic heterocycles. The number of aromatic nitrogens is 1. The molecule has 0 amide bonds. The number of phenols is 3. The molecule has 6 aliphatic carbocycles. The number of fused-ring (bicyclic) bond motifs is 6. The zero-order chi connectivity index (χ0) is 60.6. The van der Waals surface area contributed by atoms with Crippen LogP contribution in [-0.4, -0.2) is 80.1 Å². The topological polar surface area (TPSA) is 167 Å². The third kappa shape index (κ3) is 9.21. The van der Waals surface area contributed by atoms with E-state index in [0.29, 0.717) is 54.2 Å². The Bertz CT molecular complexity index is 4090. The van der Waals surface area contributed by atoms with Crippen molar-refractivity contribution in [2.24, 2.45) is 41.4 Å². The molecule has 5 aromatic carbocycles. The monoisotopic (exact) mass is 1210 g/mol. The normalized spacial score (nSPS) is 32.6. The molecule has 12 heteroatoms. The molecule has 0 radical (unpaired) electrons. The van der Waals surface area contributed by atoms with Crippen LogP contribution in [0, 0.1) is 53.3 Å². The van der Waals surface area contributed by atoms with Crippen LogP contribution in [0.25, 0.3) is 22.7 Å². The van der Waals surface area contributed by atoms with Gasteiger partial charge in [-0.05, 0) is 199 Å². The van der Waals surface area contributed by atoms with E-state index in [9.17, 15) is 25.5 Å². The van der Waals surface area contributed by atoms with E-state index in [1.54, 1.807) is 36.9 Å². The highest BCUT2D eigenvalue weighted by atomic mass is 16.5. The summed E-state index contributed by atoms with van der Waals surface area (Å²) in [6, 6.07) is 27.1. The maximum atomic E-state index is 12.7. The van der Waals surface area contributed by atoms with E-state index in [1.165, 1.54) is 54.4 Å². The van der Waals surface area contributed by atoms with Crippen LogP contribution >= 0.6 is 0 Å². The predicted molar refractivity (Wildman–Crippen MR) is 346 cm³/mol. The van der Waals surface area contributed by atoms with Crippen molar-refractivity contribution < 1.29 is 44.5 Å². The molecule has 1 aromatic heterocycles. The highest BCUT2D eigenvalue weighted by molar-refractivity contribution is 5.89. The van der Waals surface area contributed by atoms with Gasteiger partial charge in [0.05, 0.1) is 31.0 Å². The van der Waals surface area contributed by atoms with Gasteiger partial charge in [-0.25, -0.2) is 0 Å². The van der Waals surface area contributed by atoms with E-state index in [0.717, 1.165) is 132 Å². The summed E-state index contributed by atoms with van der Waals surface area (Å²) in [7, 11) is 1.77. The zero-order valence-electron chi connectivity index (χ0n) is 51.6. The van der Waals surface area contributed by atoms with Crippen molar-refractivity contribution in [2.75, 3.05) is 13.7 Å². The lowest BCUT2D eigenvalue weighted by Crippen LogP contribution is -2.70. The van der Waals surface area contributed by atoms with Crippen molar-refractivity contribution >= 4 is 22.7 Å². The van der Waals surface area contributed by atoms with Crippen LogP contribution in [0.15, 0.2) is 126 Å². The predicted octanol–water partition coefficient (Wildman–Crippen LogP) is 12.5. The molecule has 1 unspecified atom stereocenters. The number of phenolic OH excluding ortho intramolecular Hbond substituents is 3. The molecule has 6 aromatic rings. The standard InChI is InChI=1S/C78H83N3O9/c1-87-70-28-25-62-60-23-14-44(11-12-45-15-26-65(84)52(30-45)31-46-6-4-10-59(83)32-46)13-16-47-20-27-68-71(60)76(80-75(62)79-70)81-39-53-34-58(78-57-22-17-48-7-5-8-50(72(48)78)33-51-18-21-56-9-2-3-29-77(56,74(51)78)89-43-57)35-55(64(53)40-81)42-88-73-61-24-19-49(66(85)38-69(47)90-68)36-63(61)54(41-82)37-67(73)86/h4-8,10,15,19-20,24,26-27,30,32,34-35,37,39-40,44,47,49,51,56-57,66,68-70,74-75,79-80,82-86H,2-3,9,11-13,16-18,21-22,25,28-29,31,33,36,38,41-43H2,1H3/t44-,47-,49+,51+,56+,57+,66+,68+,69-,70-,74-,75?,77-,78+/m1/s1. The molecule has 1 spiro atoms. The summed E-state index contributed by atoms with van der Waals surface area (Å²) >= 11 is 0. The number of piperidine rings is 1. The number of benzene rings is 5. The third-order valence-electron chi connectivity index (χ3n) is 24.0. The van der Waals surface area contributed by atoms with E-state index in [1.807, 2.05) is 24.3 Å². The van der Waals surface area contributed by atoms with Gasteiger partial charge >= 0.3 is 0 Å². The maximum absolute atomic E-state index is 12.7. The van der Waals surface area contributed by atoms with E-state index in [-0.39, 0.29) is 77.7 Å². The van der Waals surface area contributed by atoms with E-state index >= 15 is 0 Å². The minimum atomic E-state index is -0.785. The summed E-state index contributed by atoms with van der Waals surface area (Å²) in [6.07, 6.45) is 27.8. The van der Waals surface area contributed by atoms with Crippen molar-refractivity contribution in [2.45, 2.75) is 171 Å². The van der Waals surface area contributed by atoms with Gasteiger partial charge < -0.3 is 54.4 Å². The van der Waals surface area contributed by atoms with Crippen LogP contribution in [0.5, 0.6) is 23.0 Å². The van der Waals surface area contributed by atoms with Crippen LogP contribution in [0.3, 0.4) is 0 Å². The molecule has 2 saturated carbocycles. The molecule has 8 heterocycles. The first-order chi connectivity index (χ1) is 44.0. The summed E-state index contributed by atoms with van der Waals surface area (Å²) in [5.41, 5.74) is 14.8. The van der Waals surface area contributed by atoms with Gasteiger partial charge in [0.2, 0.25) is 0 Å². The summed E-state index contributed by atoms with van der Waals surface area (Å²) in [6.45, 7) is 0.679. The van der Waals surface area contributed by atoms with Crippen molar-refractivity contribution in [1.82, 2.24) is 15.2 Å². The first-order valence-corrected chi connectivity index (χ1v) is 33.9. The van der Waals surface area contributed by atoms with Gasteiger partial charge in [0.25, 0.3) is 0 Å². The minimum Gasteiger partial charge on any atom is -0.508 e. The first-order valence-electron chi connectivity index (χ1n) is 33.9. The lowest BCUT2D eigenvalue weighted by Gasteiger charge is -2.69. The third-order valence-corrected chi connectivity index (χ3v) is 24.0. The fraction of sp³-hybridized carbons (Fsp3) is 0.462. The van der Waals surface area contributed by atoms with E-state index < -0.39 is 12.2 Å². The van der Waals surface area contributed by atoms with Gasteiger partial charge in [0.15, 0.2) is 11.5 Å². The Kier molecular flexibility index (Phi) is 14.1. The number of rotatable bonds is 8. The lowest BCUT2D eigenvalue weighted by atomic mass is 9.39. The van der Waals surface area contributed by atoms with Gasteiger partial charge in [-0.15, -0.1) is 0 Å². The van der Waals surface area contributed by atoms with Gasteiger partial charge in [0.1, 0.15) is 42.4 Å². The van der Waals surface area contributed by atoms with Crippen molar-refractivity contribution in [3.05, 3.63) is 187 Å². The van der Waals surface area contributed by atoms with Crippen molar-refractivity contribution in [3.63, 3.8) is 0 Å². The van der Waals surface area contributed by atoms with Gasteiger partial charge in [0, 0.05) is 88.9 Å². The maximum Gasteiger partial charge on any atom is 0.168 e.